The van der Waals surface area contributed by atoms with Crippen LogP contribution in [0.3, 0.4) is 0 Å². The van der Waals surface area contributed by atoms with Gasteiger partial charge in [-0.05, 0) is 46.2 Å². The van der Waals surface area contributed by atoms with E-state index >= 15 is 0 Å². The van der Waals surface area contributed by atoms with Crippen LogP contribution in [0.15, 0.2) is 0 Å². The largest absolute Gasteiger partial charge is 0.519 e. The van der Waals surface area contributed by atoms with Gasteiger partial charge in [0.05, 0.1) is 6.10 Å². The molecule has 0 aliphatic carbocycles. The molecule has 0 aliphatic heterocycles. The molecule has 0 aromatic rings. The van der Waals surface area contributed by atoms with Gasteiger partial charge in [-0.25, -0.2) is 0 Å². The first-order valence-electron chi connectivity index (χ1n) is 7.29. The van der Waals surface area contributed by atoms with Gasteiger partial charge in [0.2, 0.25) is 8.32 Å². The predicted molar refractivity (Wildman–Crippen MR) is 93.6 cm³/mol. The van der Waals surface area contributed by atoms with E-state index in [2.05, 4.69) is 44.3 Å². The van der Waals surface area contributed by atoms with Crippen LogP contribution in [0.4, 0.5) is 0 Å². The van der Waals surface area contributed by atoms with E-state index in [1.54, 1.807) is 0 Å². The lowest BCUT2D eigenvalue weighted by Crippen LogP contribution is -2.59. The van der Waals surface area contributed by atoms with Crippen LogP contribution in [0.1, 0.15) is 6.92 Å². The van der Waals surface area contributed by atoms with Crippen LogP contribution in [0.2, 0.25) is 58.9 Å². The van der Waals surface area contributed by atoms with E-state index in [1.807, 2.05) is 26.6 Å². The van der Waals surface area contributed by atoms with Crippen LogP contribution in [-0.2, 0) is 13.6 Å². The van der Waals surface area contributed by atoms with Gasteiger partial charge >= 0.3 is 5.97 Å². The monoisotopic (exact) mass is 335 g/mol. The van der Waals surface area contributed by atoms with Crippen molar-refractivity contribution in [2.75, 3.05) is 0 Å². The Hall–Kier alpha value is 0.0406. The Morgan fingerprint density at radius 3 is 1.65 bits per heavy atom. The standard InChI is InChI=1S/C13H33NO3Si3/c1-11(16-19(5,6)7)12(14-18(2,3)4)13(15)17-20(8,9)10/h11-12,14H,1-10H3/t11-,12+/m0/s1. The Balaban J connectivity index is 5.03. The fraction of sp³-hybridized carbons (Fsp3) is 0.923. The van der Waals surface area contributed by atoms with Crippen molar-refractivity contribution in [1.29, 1.82) is 0 Å². The van der Waals surface area contributed by atoms with Gasteiger partial charge in [0.1, 0.15) is 14.3 Å². The molecule has 0 aliphatic rings. The summed E-state index contributed by atoms with van der Waals surface area (Å²) in [5.41, 5.74) is 0. The molecule has 0 unspecified atom stereocenters. The Morgan fingerprint density at radius 2 is 1.35 bits per heavy atom. The molecule has 0 saturated heterocycles. The summed E-state index contributed by atoms with van der Waals surface area (Å²) in [5, 5.41) is 0. The molecule has 0 fully saturated rings. The molecule has 2 atom stereocenters. The first-order chi connectivity index (χ1) is 8.61. The topological polar surface area (TPSA) is 47.6 Å². The minimum absolute atomic E-state index is 0.155. The van der Waals surface area contributed by atoms with E-state index in [-0.39, 0.29) is 18.1 Å². The lowest BCUT2D eigenvalue weighted by atomic mass is 10.2. The van der Waals surface area contributed by atoms with Crippen LogP contribution < -0.4 is 4.98 Å². The molecule has 0 heterocycles. The fourth-order valence-electron chi connectivity index (χ4n) is 1.83. The summed E-state index contributed by atoms with van der Waals surface area (Å²) in [7, 11) is -5.16. The predicted octanol–water partition coefficient (Wildman–Crippen LogP) is 3.40. The number of nitrogens with one attached hydrogen (secondary N) is 1. The first-order valence-corrected chi connectivity index (χ1v) is 17.6. The second-order valence-electron chi connectivity index (χ2n) is 8.34. The van der Waals surface area contributed by atoms with Crippen LogP contribution in [0, 0.1) is 0 Å². The smallest absolute Gasteiger partial charge is 0.311 e. The fourth-order valence-corrected chi connectivity index (χ4v) is 5.09. The minimum atomic E-state index is -1.88. The van der Waals surface area contributed by atoms with E-state index in [0.29, 0.717) is 0 Å². The summed E-state index contributed by atoms with van der Waals surface area (Å²) in [4.78, 5) is 16.0. The van der Waals surface area contributed by atoms with E-state index in [1.165, 1.54) is 0 Å². The van der Waals surface area contributed by atoms with Crippen LogP contribution >= 0.6 is 0 Å². The third-order valence-electron chi connectivity index (χ3n) is 2.26. The normalized spacial score (nSPS) is 16.7. The van der Waals surface area contributed by atoms with Gasteiger partial charge in [-0.3, -0.25) is 4.79 Å². The maximum absolute atomic E-state index is 12.5. The van der Waals surface area contributed by atoms with Gasteiger partial charge in [0.15, 0.2) is 8.32 Å². The Morgan fingerprint density at radius 1 is 0.900 bits per heavy atom. The van der Waals surface area contributed by atoms with E-state index in [4.69, 9.17) is 8.85 Å². The second-order valence-corrected chi connectivity index (χ2v) is 22.0. The third-order valence-corrected chi connectivity index (χ3v) is 5.33. The van der Waals surface area contributed by atoms with Crippen LogP contribution in [-0.4, -0.2) is 43.0 Å². The lowest BCUT2D eigenvalue weighted by Gasteiger charge is -2.34. The highest BCUT2D eigenvalue weighted by molar-refractivity contribution is 6.74. The van der Waals surface area contributed by atoms with Crippen molar-refractivity contribution in [1.82, 2.24) is 4.98 Å². The minimum Gasteiger partial charge on any atom is -0.519 e. The van der Waals surface area contributed by atoms with Gasteiger partial charge in [0, 0.05) is 0 Å². The molecule has 1 N–H and O–H groups in total. The molecular formula is C13H33NO3Si3. The summed E-state index contributed by atoms with van der Waals surface area (Å²) >= 11 is 0. The molecular weight excluding hydrogens is 302 g/mol. The van der Waals surface area contributed by atoms with Crippen molar-refractivity contribution in [2.45, 2.75) is 78.0 Å². The summed E-state index contributed by atoms with van der Waals surface area (Å²) in [6.45, 7) is 21.0. The quantitative estimate of drug-likeness (QED) is 0.724. The summed E-state index contributed by atoms with van der Waals surface area (Å²) in [6.07, 6.45) is -0.155. The van der Waals surface area contributed by atoms with Crippen molar-refractivity contribution >= 4 is 30.8 Å². The van der Waals surface area contributed by atoms with Crippen molar-refractivity contribution < 1.29 is 13.6 Å². The van der Waals surface area contributed by atoms with Crippen molar-refractivity contribution in [3.05, 3.63) is 0 Å². The summed E-state index contributed by atoms with van der Waals surface area (Å²) in [5.74, 6) is -0.155. The van der Waals surface area contributed by atoms with Gasteiger partial charge in [-0.1, -0.05) is 19.6 Å². The molecule has 0 spiro atoms. The van der Waals surface area contributed by atoms with Gasteiger partial charge in [-0.15, -0.1) is 0 Å². The van der Waals surface area contributed by atoms with Crippen molar-refractivity contribution in [3.8, 4) is 0 Å². The highest BCUT2D eigenvalue weighted by Crippen LogP contribution is 2.15. The molecule has 0 amide bonds. The maximum Gasteiger partial charge on any atom is 0.311 e. The zero-order valence-corrected chi connectivity index (χ0v) is 17.9. The van der Waals surface area contributed by atoms with Crippen LogP contribution in [0.5, 0.6) is 0 Å². The summed E-state index contributed by atoms with van der Waals surface area (Å²) in [6, 6.07) is -0.361. The van der Waals surface area contributed by atoms with E-state index < -0.39 is 24.9 Å². The third kappa shape index (κ3) is 9.87. The Kier molecular flexibility index (Phi) is 6.88. The first kappa shape index (κ1) is 20.0. The molecule has 0 rings (SSSR count). The molecule has 0 aromatic heterocycles. The van der Waals surface area contributed by atoms with E-state index in [0.717, 1.165) is 0 Å². The molecule has 120 valence electrons. The van der Waals surface area contributed by atoms with E-state index in [9.17, 15) is 4.79 Å². The molecule has 0 bridgehead atoms. The molecule has 7 heteroatoms. The molecule has 0 radical (unpaired) electrons. The Bertz CT molecular complexity index is 329. The molecule has 0 aromatic carbocycles. The van der Waals surface area contributed by atoms with Crippen molar-refractivity contribution in [2.24, 2.45) is 0 Å². The Labute approximate surface area is 128 Å². The summed E-state index contributed by atoms with van der Waals surface area (Å²) < 4.78 is 11.8. The highest BCUT2D eigenvalue weighted by atomic mass is 28.4. The molecule has 20 heavy (non-hydrogen) atoms. The van der Waals surface area contributed by atoms with Gasteiger partial charge < -0.3 is 13.8 Å². The van der Waals surface area contributed by atoms with Crippen LogP contribution in [0.25, 0.3) is 0 Å². The maximum atomic E-state index is 12.5. The molecule has 0 saturated carbocycles. The number of hydrogen-bond acceptors (Lipinski definition) is 4. The average Bonchev–Trinajstić information content (AvgIpc) is 2.06. The number of rotatable bonds is 7. The number of carbonyl (C=O) groups excluding carboxylic acids is 1. The van der Waals surface area contributed by atoms with Gasteiger partial charge in [-0.2, -0.15) is 0 Å². The SMILES string of the molecule is C[C@H](O[Si](C)(C)C)[C@@H](N[Si](C)(C)C)C(=O)O[Si](C)(C)C. The second kappa shape index (κ2) is 6.87. The lowest BCUT2D eigenvalue weighted by molar-refractivity contribution is -0.139. The number of carbonyl (C=O) groups is 1. The average molecular weight is 336 g/mol. The van der Waals surface area contributed by atoms with Gasteiger partial charge in [0.25, 0.3) is 0 Å². The zero-order valence-electron chi connectivity index (χ0n) is 14.9. The highest BCUT2D eigenvalue weighted by Gasteiger charge is 2.35. The number of hydrogen-bond donors (Lipinski definition) is 1. The molecule has 4 nitrogen and oxygen atoms in total. The van der Waals surface area contributed by atoms with Crippen molar-refractivity contribution in [3.63, 3.8) is 0 Å². The zero-order chi connectivity index (χ0) is 16.4.